The van der Waals surface area contributed by atoms with Gasteiger partial charge in [0.25, 0.3) is 0 Å². The number of carbonyl (C=O) groups is 2. The Bertz CT molecular complexity index is 662. The lowest BCUT2D eigenvalue weighted by Crippen LogP contribution is -2.30. The molecule has 1 aliphatic heterocycles. The van der Waals surface area contributed by atoms with Crippen molar-refractivity contribution >= 4 is 24.0 Å². The highest BCUT2D eigenvalue weighted by molar-refractivity contribution is 5.98. The van der Waals surface area contributed by atoms with Crippen molar-refractivity contribution in [2.24, 2.45) is 0 Å². The van der Waals surface area contributed by atoms with E-state index in [0.717, 1.165) is 29.7 Å². The average molecular weight is 332 g/mol. The second kappa shape index (κ2) is 7.42. The standard InChI is InChI=1S/C17H24N4O3/c1-5-13-12(9-11-7-6-8-18-14(11)22)10-19-15(20-13)21-16(23)24-17(2,3)4/h9-10H,5-8H2,1-4H3,(H,18,22)(H,19,20,21,23)/b11-9+. The molecule has 130 valence electrons. The second-order valence-corrected chi connectivity index (χ2v) is 6.61. The Labute approximate surface area is 141 Å². The Hall–Kier alpha value is -2.44. The molecule has 0 aliphatic carbocycles. The van der Waals surface area contributed by atoms with Crippen molar-refractivity contribution < 1.29 is 14.3 Å². The summed E-state index contributed by atoms with van der Waals surface area (Å²) < 4.78 is 5.19. The number of anilines is 1. The van der Waals surface area contributed by atoms with Gasteiger partial charge in [-0.3, -0.25) is 10.1 Å². The van der Waals surface area contributed by atoms with Crippen LogP contribution in [0, 0.1) is 0 Å². The maximum absolute atomic E-state index is 11.8. The molecule has 0 aromatic carbocycles. The van der Waals surface area contributed by atoms with E-state index in [1.54, 1.807) is 27.0 Å². The lowest BCUT2D eigenvalue weighted by atomic mass is 10.0. The molecule has 1 aliphatic rings. The number of amides is 2. The van der Waals surface area contributed by atoms with Crippen molar-refractivity contribution in [2.75, 3.05) is 11.9 Å². The van der Waals surface area contributed by atoms with E-state index in [1.165, 1.54) is 0 Å². The van der Waals surface area contributed by atoms with Crippen molar-refractivity contribution in [3.8, 4) is 0 Å². The summed E-state index contributed by atoms with van der Waals surface area (Å²) in [6.07, 6.45) is 5.18. The first-order valence-corrected chi connectivity index (χ1v) is 8.13. The van der Waals surface area contributed by atoms with Gasteiger partial charge in [-0.15, -0.1) is 0 Å². The molecule has 7 heteroatoms. The first-order chi connectivity index (χ1) is 11.3. The molecule has 1 saturated heterocycles. The van der Waals surface area contributed by atoms with Crippen LogP contribution in [0.15, 0.2) is 11.8 Å². The Morgan fingerprint density at radius 1 is 1.46 bits per heavy atom. The summed E-state index contributed by atoms with van der Waals surface area (Å²) in [4.78, 5) is 32.1. The lowest BCUT2D eigenvalue weighted by Gasteiger charge is -2.19. The molecule has 24 heavy (non-hydrogen) atoms. The summed E-state index contributed by atoms with van der Waals surface area (Å²) in [5.41, 5.74) is 1.70. The monoisotopic (exact) mass is 332 g/mol. The van der Waals surface area contributed by atoms with Crippen molar-refractivity contribution in [3.63, 3.8) is 0 Å². The third-order valence-electron chi connectivity index (χ3n) is 3.38. The molecule has 0 spiro atoms. The summed E-state index contributed by atoms with van der Waals surface area (Å²) >= 11 is 0. The third kappa shape index (κ3) is 5.04. The Balaban J connectivity index is 2.17. The van der Waals surface area contributed by atoms with Crippen LogP contribution in [0.25, 0.3) is 6.08 Å². The predicted molar refractivity (Wildman–Crippen MR) is 91.5 cm³/mol. The molecule has 2 amide bonds. The van der Waals surface area contributed by atoms with Crippen LogP contribution in [0.4, 0.5) is 10.7 Å². The number of rotatable bonds is 3. The molecule has 2 rings (SSSR count). The number of carbonyl (C=O) groups excluding carboxylic acids is 2. The van der Waals surface area contributed by atoms with Crippen molar-refractivity contribution in [1.82, 2.24) is 15.3 Å². The van der Waals surface area contributed by atoms with Crippen LogP contribution in [0.3, 0.4) is 0 Å². The van der Waals surface area contributed by atoms with Crippen molar-refractivity contribution in [3.05, 3.63) is 23.0 Å². The van der Waals surface area contributed by atoms with Gasteiger partial charge in [0.05, 0.1) is 5.69 Å². The molecule has 1 fully saturated rings. The molecule has 0 radical (unpaired) electrons. The molecule has 0 atom stereocenters. The van der Waals surface area contributed by atoms with Crippen LogP contribution in [-0.2, 0) is 16.0 Å². The Morgan fingerprint density at radius 3 is 2.83 bits per heavy atom. The highest BCUT2D eigenvalue weighted by Gasteiger charge is 2.18. The van der Waals surface area contributed by atoms with Crippen LogP contribution >= 0.6 is 0 Å². The highest BCUT2D eigenvalue weighted by atomic mass is 16.6. The topological polar surface area (TPSA) is 93.2 Å². The second-order valence-electron chi connectivity index (χ2n) is 6.61. The number of aromatic nitrogens is 2. The predicted octanol–water partition coefficient (Wildman–Crippen LogP) is 2.68. The average Bonchev–Trinajstić information content (AvgIpc) is 2.49. The molecule has 1 aromatic heterocycles. The zero-order valence-electron chi connectivity index (χ0n) is 14.6. The van der Waals surface area contributed by atoms with E-state index in [0.29, 0.717) is 13.0 Å². The molecular formula is C17H24N4O3. The zero-order valence-corrected chi connectivity index (χ0v) is 14.6. The van der Waals surface area contributed by atoms with Gasteiger partial charge in [0.15, 0.2) is 0 Å². The third-order valence-corrected chi connectivity index (χ3v) is 3.38. The Kier molecular flexibility index (Phi) is 5.54. The molecule has 7 nitrogen and oxygen atoms in total. The summed E-state index contributed by atoms with van der Waals surface area (Å²) in [5.74, 6) is 0.149. The minimum absolute atomic E-state index is 0.0424. The maximum atomic E-state index is 11.8. The summed E-state index contributed by atoms with van der Waals surface area (Å²) in [6.45, 7) is 8.04. The van der Waals surface area contributed by atoms with Crippen molar-refractivity contribution in [2.45, 2.75) is 52.6 Å². The lowest BCUT2D eigenvalue weighted by molar-refractivity contribution is -0.118. The van der Waals surface area contributed by atoms with E-state index in [4.69, 9.17) is 4.74 Å². The van der Waals surface area contributed by atoms with Crippen LogP contribution in [0.1, 0.15) is 51.8 Å². The van der Waals surface area contributed by atoms with Gasteiger partial charge in [-0.2, -0.15) is 0 Å². The van der Waals surface area contributed by atoms with Gasteiger partial charge < -0.3 is 10.1 Å². The fourth-order valence-electron chi connectivity index (χ4n) is 2.32. The van der Waals surface area contributed by atoms with E-state index >= 15 is 0 Å². The molecular weight excluding hydrogens is 308 g/mol. The SMILES string of the molecule is CCc1nc(NC(=O)OC(C)(C)C)ncc1/C=C1\CCCNC1=O. The summed E-state index contributed by atoms with van der Waals surface area (Å²) in [7, 11) is 0. The normalized spacial score (nSPS) is 16.7. The molecule has 0 bridgehead atoms. The van der Waals surface area contributed by atoms with Crippen LogP contribution in [-0.4, -0.2) is 34.1 Å². The van der Waals surface area contributed by atoms with Gasteiger partial charge in [-0.05, 0) is 46.1 Å². The van der Waals surface area contributed by atoms with Gasteiger partial charge >= 0.3 is 6.09 Å². The highest BCUT2D eigenvalue weighted by Crippen LogP contribution is 2.18. The maximum Gasteiger partial charge on any atom is 0.414 e. The van der Waals surface area contributed by atoms with Crippen LogP contribution in [0.5, 0.6) is 0 Å². The van der Waals surface area contributed by atoms with E-state index in [-0.39, 0.29) is 11.9 Å². The number of nitrogens with one attached hydrogen (secondary N) is 2. The van der Waals surface area contributed by atoms with Crippen molar-refractivity contribution in [1.29, 1.82) is 0 Å². The fourth-order valence-corrected chi connectivity index (χ4v) is 2.32. The number of piperidine rings is 1. The number of ether oxygens (including phenoxy) is 1. The fraction of sp³-hybridized carbons (Fsp3) is 0.529. The van der Waals surface area contributed by atoms with Gasteiger partial charge in [0.1, 0.15) is 5.60 Å². The van der Waals surface area contributed by atoms with Gasteiger partial charge in [0, 0.05) is 23.9 Å². The smallest absolute Gasteiger partial charge is 0.414 e. The summed E-state index contributed by atoms with van der Waals surface area (Å²) in [5, 5.41) is 5.36. The molecule has 0 unspecified atom stereocenters. The largest absolute Gasteiger partial charge is 0.444 e. The quantitative estimate of drug-likeness (QED) is 0.830. The van der Waals surface area contributed by atoms with E-state index in [2.05, 4.69) is 20.6 Å². The molecule has 2 N–H and O–H groups in total. The first kappa shape index (κ1) is 17.9. The van der Waals surface area contributed by atoms with Crippen LogP contribution < -0.4 is 10.6 Å². The summed E-state index contributed by atoms with van der Waals surface area (Å²) in [6, 6.07) is 0. The molecule has 2 heterocycles. The van der Waals surface area contributed by atoms with E-state index in [1.807, 2.05) is 13.0 Å². The number of nitrogens with zero attached hydrogens (tertiary/aromatic N) is 2. The minimum Gasteiger partial charge on any atom is -0.444 e. The van der Waals surface area contributed by atoms with Crippen LogP contribution in [0.2, 0.25) is 0 Å². The van der Waals surface area contributed by atoms with Gasteiger partial charge in [0.2, 0.25) is 11.9 Å². The molecule has 1 aromatic rings. The number of aryl methyl sites for hydroxylation is 1. The Morgan fingerprint density at radius 2 is 2.21 bits per heavy atom. The number of hydrogen-bond donors (Lipinski definition) is 2. The molecule has 0 saturated carbocycles. The van der Waals surface area contributed by atoms with E-state index in [9.17, 15) is 9.59 Å². The first-order valence-electron chi connectivity index (χ1n) is 8.13. The number of hydrogen-bond acceptors (Lipinski definition) is 5. The van der Waals surface area contributed by atoms with E-state index < -0.39 is 11.7 Å². The van der Waals surface area contributed by atoms with Gasteiger partial charge in [-0.1, -0.05) is 6.92 Å². The van der Waals surface area contributed by atoms with Gasteiger partial charge in [-0.25, -0.2) is 14.8 Å². The minimum atomic E-state index is -0.595. The zero-order chi connectivity index (χ0) is 17.7.